The summed E-state index contributed by atoms with van der Waals surface area (Å²) >= 11 is 0. The Labute approximate surface area is 77.4 Å². The highest BCUT2D eigenvalue weighted by atomic mass is 16.5. The Bertz CT molecular complexity index is 215. The molecule has 5 heteroatoms. The first-order valence-electron chi connectivity index (χ1n) is 4.62. The molecule has 5 nitrogen and oxygen atoms in total. The average molecular weight is 185 g/mol. The maximum absolute atomic E-state index is 11.5. The van der Waals surface area contributed by atoms with Crippen molar-refractivity contribution in [2.24, 2.45) is 0 Å². The molecule has 2 aliphatic heterocycles. The molecule has 2 N–H and O–H groups in total. The molecule has 0 aromatic rings. The Balaban J connectivity index is 2.09. The Kier molecular flexibility index (Phi) is 2.13. The van der Waals surface area contributed by atoms with Crippen molar-refractivity contribution >= 4 is 6.03 Å². The molecule has 0 aliphatic carbocycles. The van der Waals surface area contributed by atoms with Crippen LogP contribution in [-0.4, -0.2) is 49.9 Å². The molecule has 0 aromatic heterocycles. The van der Waals surface area contributed by atoms with Gasteiger partial charge >= 0.3 is 6.03 Å². The summed E-state index contributed by atoms with van der Waals surface area (Å²) in [6, 6.07) is -0.0406. The fourth-order valence-corrected chi connectivity index (χ4v) is 1.82. The lowest BCUT2D eigenvalue weighted by atomic mass is 10.0. The molecule has 0 saturated carbocycles. The van der Waals surface area contributed by atoms with Crippen LogP contribution in [0, 0.1) is 0 Å². The zero-order valence-electron chi connectivity index (χ0n) is 7.80. The molecule has 2 aliphatic rings. The van der Waals surface area contributed by atoms with Crippen LogP contribution in [0.2, 0.25) is 0 Å². The van der Waals surface area contributed by atoms with Crippen molar-refractivity contribution in [3.63, 3.8) is 0 Å². The van der Waals surface area contributed by atoms with Gasteiger partial charge in [-0.15, -0.1) is 0 Å². The van der Waals surface area contributed by atoms with Crippen molar-refractivity contribution in [2.45, 2.75) is 12.1 Å². The van der Waals surface area contributed by atoms with Gasteiger partial charge in [0.1, 0.15) is 0 Å². The third-order valence-electron chi connectivity index (χ3n) is 2.65. The summed E-state index contributed by atoms with van der Waals surface area (Å²) in [5.74, 6) is 0. The van der Waals surface area contributed by atoms with Crippen LogP contribution >= 0.6 is 0 Å². The topological polar surface area (TPSA) is 53.6 Å². The summed E-state index contributed by atoms with van der Waals surface area (Å²) in [5, 5.41) is 5.77. The first-order chi connectivity index (χ1) is 6.28. The summed E-state index contributed by atoms with van der Waals surface area (Å²) < 4.78 is 5.64. The molecule has 0 aromatic carbocycles. The molecule has 13 heavy (non-hydrogen) atoms. The minimum Gasteiger partial charge on any atom is -0.353 e. The van der Waals surface area contributed by atoms with Crippen LogP contribution in [0.4, 0.5) is 4.79 Å². The second-order valence-corrected chi connectivity index (χ2v) is 3.46. The molecule has 0 radical (unpaired) electrons. The lowest BCUT2D eigenvalue weighted by molar-refractivity contribution is -0.189. The van der Waals surface area contributed by atoms with E-state index in [9.17, 15) is 4.79 Å². The summed E-state index contributed by atoms with van der Waals surface area (Å²) in [6.45, 7) is 3.05. The predicted octanol–water partition coefficient (Wildman–Crippen LogP) is -0.652. The first kappa shape index (κ1) is 8.77. The Morgan fingerprint density at radius 3 is 2.92 bits per heavy atom. The van der Waals surface area contributed by atoms with E-state index in [0.717, 1.165) is 32.7 Å². The molecule has 0 unspecified atom stereocenters. The highest BCUT2D eigenvalue weighted by molar-refractivity contribution is 5.74. The number of hydrogen-bond donors (Lipinski definition) is 2. The molecule has 2 amide bonds. The van der Waals surface area contributed by atoms with Crippen molar-refractivity contribution < 1.29 is 9.53 Å². The van der Waals surface area contributed by atoms with Crippen LogP contribution in [0.15, 0.2) is 0 Å². The van der Waals surface area contributed by atoms with Crippen molar-refractivity contribution in [3.8, 4) is 0 Å². The molecule has 74 valence electrons. The van der Waals surface area contributed by atoms with Crippen LogP contribution in [0.1, 0.15) is 6.42 Å². The third kappa shape index (κ3) is 1.28. The number of nitrogens with one attached hydrogen (secondary N) is 2. The smallest absolute Gasteiger partial charge is 0.319 e. The van der Waals surface area contributed by atoms with Crippen LogP contribution in [0.5, 0.6) is 0 Å². The number of nitrogens with zero attached hydrogens (tertiary/aromatic N) is 1. The average Bonchev–Trinajstić information content (AvgIpc) is 2.14. The molecule has 2 fully saturated rings. The van der Waals surface area contributed by atoms with E-state index < -0.39 is 0 Å². The Hall–Kier alpha value is -0.810. The van der Waals surface area contributed by atoms with Crippen LogP contribution in [0.25, 0.3) is 0 Å². The number of carbonyl (C=O) groups excluding carboxylic acids is 1. The van der Waals surface area contributed by atoms with E-state index in [1.54, 1.807) is 11.9 Å². The number of rotatable bonds is 0. The minimum absolute atomic E-state index is 0.0406. The van der Waals surface area contributed by atoms with E-state index in [1.165, 1.54) is 0 Å². The molecule has 0 atom stereocenters. The third-order valence-corrected chi connectivity index (χ3v) is 2.65. The first-order valence-corrected chi connectivity index (χ1v) is 4.62. The standard InChI is InChI=1S/C8H15N3O2/c1-9-7(12)11-3-2-4-13-8(11)5-10-6-8/h10H,2-6H2,1H3,(H,9,12). The van der Waals surface area contributed by atoms with E-state index in [0.29, 0.717) is 0 Å². The lowest BCUT2D eigenvalue weighted by Gasteiger charge is -2.52. The number of carbonyl (C=O) groups is 1. The van der Waals surface area contributed by atoms with Crippen molar-refractivity contribution in [3.05, 3.63) is 0 Å². The van der Waals surface area contributed by atoms with Gasteiger partial charge in [0, 0.05) is 26.7 Å². The van der Waals surface area contributed by atoms with Gasteiger partial charge in [-0.3, -0.25) is 4.90 Å². The summed E-state index contributed by atoms with van der Waals surface area (Å²) in [6.07, 6.45) is 0.926. The van der Waals surface area contributed by atoms with Crippen molar-refractivity contribution in [1.82, 2.24) is 15.5 Å². The van der Waals surface area contributed by atoms with Gasteiger partial charge in [0.15, 0.2) is 5.72 Å². The molecular formula is C8H15N3O2. The van der Waals surface area contributed by atoms with E-state index in [1.807, 2.05) is 0 Å². The van der Waals surface area contributed by atoms with Gasteiger partial charge in [-0.05, 0) is 6.42 Å². The normalized spacial score (nSPS) is 25.5. The molecule has 2 heterocycles. The quantitative estimate of drug-likeness (QED) is 0.527. The fourth-order valence-electron chi connectivity index (χ4n) is 1.82. The van der Waals surface area contributed by atoms with E-state index in [4.69, 9.17) is 4.74 Å². The molecule has 2 rings (SSSR count). The van der Waals surface area contributed by atoms with Crippen molar-refractivity contribution in [2.75, 3.05) is 33.3 Å². The molecular weight excluding hydrogens is 170 g/mol. The number of hydrogen-bond acceptors (Lipinski definition) is 3. The van der Waals surface area contributed by atoms with Crippen molar-refractivity contribution in [1.29, 1.82) is 0 Å². The van der Waals surface area contributed by atoms with E-state index in [-0.39, 0.29) is 11.8 Å². The minimum atomic E-state index is -0.349. The SMILES string of the molecule is CNC(=O)N1CCCOC12CNC2. The largest absolute Gasteiger partial charge is 0.353 e. The Morgan fingerprint density at radius 1 is 1.62 bits per heavy atom. The molecule has 2 saturated heterocycles. The monoisotopic (exact) mass is 185 g/mol. The maximum Gasteiger partial charge on any atom is 0.319 e. The summed E-state index contributed by atoms with van der Waals surface area (Å²) in [4.78, 5) is 13.3. The maximum atomic E-state index is 11.5. The van der Waals surface area contributed by atoms with Crippen LogP contribution < -0.4 is 10.6 Å². The van der Waals surface area contributed by atoms with Gasteiger partial charge in [0.2, 0.25) is 0 Å². The number of amides is 2. The second-order valence-electron chi connectivity index (χ2n) is 3.46. The zero-order chi connectivity index (χ0) is 9.31. The lowest BCUT2D eigenvalue weighted by Crippen LogP contribution is -2.74. The van der Waals surface area contributed by atoms with Gasteiger partial charge in [-0.25, -0.2) is 4.79 Å². The number of urea groups is 1. The van der Waals surface area contributed by atoms with Crippen LogP contribution in [-0.2, 0) is 4.74 Å². The van der Waals surface area contributed by atoms with Gasteiger partial charge in [0.25, 0.3) is 0 Å². The van der Waals surface area contributed by atoms with E-state index in [2.05, 4.69) is 10.6 Å². The van der Waals surface area contributed by atoms with Gasteiger partial charge in [-0.2, -0.15) is 0 Å². The molecule has 1 spiro atoms. The number of ether oxygens (including phenoxy) is 1. The van der Waals surface area contributed by atoms with E-state index >= 15 is 0 Å². The van der Waals surface area contributed by atoms with Gasteiger partial charge < -0.3 is 15.4 Å². The fraction of sp³-hybridized carbons (Fsp3) is 0.875. The summed E-state index contributed by atoms with van der Waals surface area (Å²) in [7, 11) is 1.65. The highest BCUT2D eigenvalue weighted by Crippen LogP contribution is 2.26. The van der Waals surface area contributed by atoms with Gasteiger partial charge in [-0.1, -0.05) is 0 Å². The predicted molar refractivity (Wildman–Crippen MR) is 47.3 cm³/mol. The Morgan fingerprint density at radius 2 is 2.38 bits per heavy atom. The van der Waals surface area contributed by atoms with Gasteiger partial charge in [0.05, 0.1) is 6.61 Å². The highest BCUT2D eigenvalue weighted by Gasteiger charge is 2.47. The van der Waals surface area contributed by atoms with Crippen LogP contribution in [0.3, 0.4) is 0 Å². The zero-order valence-corrected chi connectivity index (χ0v) is 7.80. The molecule has 0 bridgehead atoms. The summed E-state index contributed by atoms with van der Waals surface area (Å²) in [5.41, 5.74) is -0.349. The second kappa shape index (κ2) is 3.16.